The third-order valence-corrected chi connectivity index (χ3v) is 5.42. The van der Waals surface area contributed by atoms with Gasteiger partial charge in [0.15, 0.2) is 0 Å². The highest BCUT2D eigenvalue weighted by Crippen LogP contribution is 2.27. The van der Waals surface area contributed by atoms with Crippen molar-refractivity contribution in [1.29, 1.82) is 0 Å². The molecule has 20 heavy (non-hydrogen) atoms. The van der Waals surface area contributed by atoms with E-state index in [9.17, 15) is 0 Å². The summed E-state index contributed by atoms with van der Waals surface area (Å²) in [7, 11) is 0. The van der Waals surface area contributed by atoms with E-state index in [1.807, 2.05) is 0 Å². The van der Waals surface area contributed by atoms with Crippen LogP contribution < -0.4 is 5.32 Å². The Morgan fingerprint density at radius 2 is 1.60 bits per heavy atom. The zero-order chi connectivity index (χ0) is 14.2. The normalized spacial score (nSPS) is 34.2. The topological polar surface area (TPSA) is 15.3 Å². The molecule has 0 aromatic heterocycles. The van der Waals surface area contributed by atoms with E-state index in [-0.39, 0.29) is 0 Å². The van der Waals surface area contributed by atoms with E-state index in [0.717, 1.165) is 18.1 Å². The van der Waals surface area contributed by atoms with Crippen LogP contribution in [0.25, 0.3) is 0 Å². The maximum Gasteiger partial charge on any atom is 0.0252 e. The summed E-state index contributed by atoms with van der Waals surface area (Å²) in [5.41, 5.74) is 0. The molecular weight excluding hydrogens is 244 g/mol. The summed E-state index contributed by atoms with van der Waals surface area (Å²) in [6, 6.07) is 2.35. The number of nitrogens with zero attached hydrogens (tertiary/aromatic N) is 1. The van der Waals surface area contributed by atoms with Gasteiger partial charge in [0.25, 0.3) is 0 Å². The van der Waals surface area contributed by atoms with Gasteiger partial charge in [-0.05, 0) is 52.1 Å². The molecule has 1 saturated carbocycles. The Labute approximate surface area is 126 Å². The Bertz CT molecular complexity index is 252. The summed E-state index contributed by atoms with van der Waals surface area (Å²) < 4.78 is 0. The molecule has 2 heteroatoms. The molecule has 1 N–H and O–H groups in total. The molecule has 0 aromatic rings. The lowest BCUT2D eigenvalue weighted by Crippen LogP contribution is -2.53. The summed E-state index contributed by atoms with van der Waals surface area (Å²) in [6.07, 6.45) is 15.6. The van der Waals surface area contributed by atoms with Crippen molar-refractivity contribution in [2.24, 2.45) is 0 Å². The predicted octanol–water partition coefficient (Wildman–Crippen LogP) is 4.34. The fraction of sp³-hybridized carbons (Fsp3) is 1.00. The van der Waals surface area contributed by atoms with Crippen LogP contribution >= 0.6 is 0 Å². The Balaban J connectivity index is 2.03. The van der Waals surface area contributed by atoms with Gasteiger partial charge in [-0.25, -0.2) is 0 Å². The number of hydrogen-bond donors (Lipinski definition) is 1. The van der Waals surface area contributed by atoms with Crippen molar-refractivity contribution in [2.75, 3.05) is 13.1 Å². The Kier molecular flexibility index (Phi) is 7.37. The second-order valence-electron chi connectivity index (χ2n) is 7.06. The monoisotopic (exact) mass is 280 g/mol. The first-order valence-electron chi connectivity index (χ1n) is 9.32. The number of hydrogen-bond acceptors (Lipinski definition) is 2. The van der Waals surface area contributed by atoms with Gasteiger partial charge in [0.2, 0.25) is 0 Å². The highest BCUT2D eigenvalue weighted by atomic mass is 15.2. The second-order valence-corrected chi connectivity index (χ2v) is 7.06. The average molecular weight is 280 g/mol. The minimum Gasteiger partial charge on any atom is -0.312 e. The molecule has 2 aliphatic rings. The van der Waals surface area contributed by atoms with Crippen molar-refractivity contribution in [3.05, 3.63) is 0 Å². The molecule has 0 bridgehead atoms. The molecule has 2 nitrogen and oxygen atoms in total. The van der Waals surface area contributed by atoms with E-state index in [4.69, 9.17) is 0 Å². The molecule has 3 unspecified atom stereocenters. The first kappa shape index (κ1) is 16.3. The van der Waals surface area contributed by atoms with Crippen LogP contribution in [0, 0.1) is 0 Å². The first-order valence-corrected chi connectivity index (χ1v) is 9.32. The van der Waals surface area contributed by atoms with E-state index in [1.54, 1.807) is 0 Å². The van der Waals surface area contributed by atoms with Gasteiger partial charge in [0.1, 0.15) is 0 Å². The van der Waals surface area contributed by atoms with Crippen LogP contribution in [0.3, 0.4) is 0 Å². The van der Waals surface area contributed by atoms with Gasteiger partial charge in [0, 0.05) is 18.1 Å². The highest BCUT2D eigenvalue weighted by Gasteiger charge is 2.31. The van der Waals surface area contributed by atoms with Gasteiger partial charge in [-0.3, -0.25) is 4.90 Å². The standard InChI is InChI=1S/C18H36N2/c1-3-14-19-17-12-8-4-5-9-13-18(17)20-15-10-6-7-11-16(20)2/h16-19H,3-15H2,1-2H3. The fourth-order valence-electron chi connectivity index (χ4n) is 4.22. The lowest BCUT2D eigenvalue weighted by Gasteiger charge is -2.41. The summed E-state index contributed by atoms with van der Waals surface area (Å²) >= 11 is 0. The van der Waals surface area contributed by atoms with E-state index in [0.29, 0.717) is 0 Å². The number of rotatable bonds is 4. The molecule has 0 radical (unpaired) electrons. The Morgan fingerprint density at radius 1 is 0.900 bits per heavy atom. The Morgan fingerprint density at radius 3 is 2.40 bits per heavy atom. The zero-order valence-corrected chi connectivity index (χ0v) is 13.9. The minimum atomic E-state index is 0.746. The molecule has 0 amide bonds. The van der Waals surface area contributed by atoms with Crippen molar-refractivity contribution in [2.45, 2.75) is 103 Å². The second kappa shape index (κ2) is 9.04. The van der Waals surface area contributed by atoms with Crippen LogP contribution in [0.5, 0.6) is 0 Å². The summed E-state index contributed by atoms with van der Waals surface area (Å²) in [4.78, 5) is 2.88. The van der Waals surface area contributed by atoms with Crippen molar-refractivity contribution in [3.63, 3.8) is 0 Å². The predicted molar refractivity (Wildman–Crippen MR) is 88.2 cm³/mol. The minimum absolute atomic E-state index is 0.746. The summed E-state index contributed by atoms with van der Waals surface area (Å²) in [6.45, 7) is 7.31. The summed E-state index contributed by atoms with van der Waals surface area (Å²) in [5.74, 6) is 0. The maximum absolute atomic E-state index is 3.89. The quantitative estimate of drug-likeness (QED) is 0.824. The number of likely N-dealkylation sites (tertiary alicyclic amines) is 1. The molecule has 1 heterocycles. The first-order chi connectivity index (χ1) is 9.83. The van der Waals surface area contributed by atoms with Gasteiger partial charge in [-0.15, -0.1) is 0 Å². The lowest BCUT2D eigenvalue weighted by atomic mass is 9.90. The van der Waals surface area contributed by atoms with Crippen molar-refractivity contribution >= 4 is 0 Å². The maximum atomic E-state index is 3.89. The molecule has 2 fully saturated rings. The van der Waals surface area contributed by atoms with E-state index >= 15 is 0 Å². The third kappa shape index (κ3) is 4.73. The van der Waals surface area contributed by atoms with Crippen LogP contribution in [0.2, 0.25) is 0 Å². The number of nitrogens with one attached hydrogen (secondary N) is 1. The van der Waals surface area contributed by atoms with E-state index < -0.39 is 0 Å². The molecule has 1 aliphatic heterocycles. The highest BCUT2D eigenvalue weighted by molar-refractivity contribution is 4.89. The van der Waals surface area contributed by atoms with Crippen LogP contribution in [0.15, 0.2) is 0 Å². The largest absolute Gasteiger partial charge is 0.312 e. The van der Waals surface area contributed by atoms with Crippen LogP contribution in [0.4, 0.5) is 0 Å². The van der Waals surface area contributed by atoms with Gasteiger partial charge in [-0.2, -0.15) is 0 Å². The smallest absolute Gasteiger partial charge is 0.0252 e. The SMILES string of the molecule is CCCNC1CCCCCCC1N1CCCCCC1C. The van der Waals surface area contributed by atoms with Crippen LogP contribution in [0.1, 0.15) is 84.5 Å². The third-order valence-electron chi connectivity index (χ3n) is 5.42. The lowest BCUT2D eigenvalue weighted by molar-refractivity contribution is 0.0970. The molecule has 0 aromatic carbocycles. The van der Waals surface area contributed by atoms with Crippen LogP contribution in [-0.4, -0.2) is 36.1 Å². The van der Waals surface area contributed by atoms with Gasteiger partial charge in [-0.1, -0.05) is 45.4 Å². The average Bonchev–Trinajstić information content (AvgIpc) is 2.63. The van der Waals surface area contributed by atoms with Gasteiger partial charge >= 0.3 is 0 Å². The van der Waals surface area contributed by atoms with Gasteiger partial charge < -0.3 is 5.32 Å². The van der Waals surface area contributed by atoms with Crippen molar-refractivity contribution in [3.8, 4) is 0 Å². The molecule has 1 saturated heterocycles. The Hall–Kier alpha value is -0.0800. The molecule has 1 aliphatic carbocycles. The zero-order valence-electron chi connectivity index (χ0n) is 13.9. The van der Waals surface area contributed by atoms with Crippen LogP contribution in [-0.2, 0) is 0 Å². The molecule has 0 spiro atoms. The van der Waals surface area contributed by atoms with E-state index in [2.05, 4.69) is 24.1 Å². The fourth-order valence-corrected chi connectivity index (χ4v) is 4.22. The van der Waals surface area contributed by atoms with Crippen molar-refractivity contribution < 1.29 is 0 Å². The molecular formula is C18H36N2. The van der Waals surface area contributed by atoms with E-state index in [1.165, 1.54) is 83.7 Å². The van der Waals surface area contributed by atoms with Gasteiger partial charge in [0.05, 0.1) is 0 Å². The molecule has 3 atom stereocenters. The molecule has 118 valence electrons. The summed E-state index contributed by atoms with van der Waals surface area (Å²) in [5, 5.41) is 3.89. The van der Waals surface area contributed by atoms with Crippen molar-refractivity contribution in [1.82, 2.24) is 10.2 Å². The molecule has 2 rings (SSSR count).